The molecule has 0 spiro atoms. The minimum atomic E-state index is -5.27. The van der Waals surface area contributed by atoms with Crippen LogP contribution in [0.2, 0.25) is 0 Å². The van der Waals surface area contributed by atoms with E-state index in [1.165, 1.54) is 19.2 Å². The Hall–Kier alpha value is -4.41. The minimum Gasteiger partial charge on any atom is -0.724 e. The number of oxime groups is 1. The summed E-state index contributed by atoms with van der Waals surface area (Å²) in [5.74, 6) is -3.23. The summed E-state index contributed by atoms with van der Waals surface area (Å²) in [5.41, 5.74) is 4.42. The van der Waals surface area contributed by atoms with Gasteiger partial charge in [-0.15, -0.1) is 16.0 Å². The molecule has 19 nitrogen and oxygen atoms in total. The van der Waals surface area contributed by atoms with Crippen LogP contribution in [0.1, 0.15) is 25.6 Å². The molecule has 5 rings (SSSR count). The number of nitrogens with two attached hydrogens (primary N) is 1. The molecule has 4 atom stereocenters. The van der Waals surface area contributed by atoms with Crippen molar-refractivity contribution in [3.05, 3.63) is 35.5 Å². The largest absolute Gasteiger partial charge is 0.724 e. The number of thiazole rings is 1. The molecule has 21 heteroatoms. The third-order valence-corrected chi connectivity index (χ3v) is 8.51. The molecule has 4 heterocycles. The fourth-order valence-corrected chi connectivity index (χ4v) is 6.06. The van der Waals surface area contributed by atoms with Crippen LogP contribution in [0.5, 0.6) is 5.75 Å². The van der Waals surface area contributed by atoms with Gasteiger partial charge in [-0.1, -0.05) is 5.16 Å². The molecule has 2 aliphatic heterocycles. The lowest BCUT2D eigenvalue weighted by Gasteiger charge is -2.51. The Labute approximate surface area is 265 Å². The number of hydroxylamine groups is 2. The van der Waals surface area contributed by atoms with Gasteiger partial charge in [0.15, 0.2) is 17.9 Å². The molecular formula is C25H30N8O11S2. The van der Waals surface area contributed by atoms with Crippen LogP contribution in [-0.4, -0.2) is 105 Å². The van der Waals surface area contributed by atoms with Crippen molar-refractivity contribution in [3.8, 4) is 5.75 Å². The molecule has 2 fully saturated rings. The van der Waals surface area contributed by atoms with Crippen molar-refractivity contribution >= 4 is 61.3 Å². The zero-order valence-corrected chi connectivity index (χ0v) is 26.1. The molecule has 0 saturated carbocycles. The van der Waals surface area contributed by atoms with E-state index in [1.807, 2.05) is 22.6 Å². The summed E-state index contributed by atoms with van der Waals surface area (Å²) in [6.07, 6.45) is -0.414. The molecule has 46 heavy (non-hydrogen) atoms. The fraction of sp³-hybridized carbons (Fsp3) is 0.440. The lowest BCUT2D eigenvalue weighted by molar-refractivity contribution is -0.733. The number of carbonyl (C=O) groups is 3. The summed E-state index contributed by atoms with van der Waals surface area (Å²) in [7, 11) is -3.42. The predicted molar refractivity (Wildman–Crippen MR) is 156 cm³/mol. The summed E-state index contributed by atoms with van der Waals surface area (Å²) < 4.78 is 46.6. The smallest absolute Gasteiger partial charge is 0.351 e. The van der Waals surface area contributed by atoms with Crippen molar-refractivity contribution in [1.29, 1.82) is 0 Å². The van der Waals surface area contributed by atoms with Crippen LogP contribution in [0.3, 0.4) is 0 Å². The number of nitrogens with zero attached hydrogens (tertiary/aromatic N) is 5. The average Bonchev–Trinajstić information content (AvgIpc) is 3.69. The topological polar surface area (TPSA) is 264 Å². The maximum atomic E-state index is 13.2. The number of benzene rings is 1. The quantitative estimate of drug-likeness (QED) is 0.0338. The highest BCUT2D eigenvalue weighted by Crippen LogP contribution is 2.33. The summed E-state index contributed by atoms with van der Waals surface area (Å²) >= 11 is 0.947. The number of aliphatic carboxylic acids is 1. The second-order valence-electron chi connectivity index (χ2n) is 11.0. The molecule has 0 bridgehead atoms. The predicted octanol–water partition coefficient (Wildman–Crippen LogP) is -2.24. The normalized spacial score (nSPS) is 22.0. The number of aryl methyl sites for hydroxylation is 1. The zero-order chi connectivity index (χ0) is 33.6. The zero-order valence-electron chi connectivity index (χ0n) is 24.5. The molecule has 2 amide bonds. The highest BCUT2D eigenvalue weighted by Gasteiger charge is 2.57. The van der Waals surface area contributed by atoms with Gasteiger partial charge in [-0.05, 0) is 26.0 Å². The van der Waals surface area contributed by atoms with Gasteiger partial charge in [0.05, 0.1) is 23.2 Å². The average molecular weight is 683 g/mol. The van der Waals surface area contributed by atoms with Gasteiger partial charge in [0, 0.05) is 24.5 Å². The first-order valence-electron chi connectivity index (χ1n) is 13.6. The van der Waals surface area contributed by atoms with Crippen LogP contribution in [0, 0.1) is 0 Å². The number of aliphatic hydroxyl groups is 1. The number of ether oxygens (including phenoxy) is 1. The number of aliphatic hydroxyl groups excluding tert-OH is 1. The second-order valence-corrected chi connectivity index (χ2v) is 12.8. The van der Waals surface area contributed by atoms with Crippen molar-refractivity contribution in [2.45, 2.75) is 43.7 Å². The maximum Gasteiger partial charge on any atom is 0.351 e. The van der Waals surface area contributed by atoms with Crippen molar-refractivity contribution in [2.24, 2.45) is 12.2 Å². The van der Waals surface area contributed by atoms with E-state index in [9.17, 15) is 37.6 Å². The monoisotopic (exact) mass is 682 g/mol. The van der Waals surface area contributed by atoms with Crippen molar-refractivity contribution in [2.75, 3.05) is 25.4 Å². The van der Waals surface area contributed by atoms with Crippen molar-refractivity contribution in [3.63, 3.8) is 0 Å². The summed E-state index contributed by atoms with van der Waals surface area (Å²) in [6.45, 7) is 3.21. The molecule has 0 aliphatic carbocycles. The van der Waals surface area contributed by atoms with E-state index in [1.54, 1.807) is 18.2 Å². The number of β-lactam (4-membered cyclic amide) rings is 1. The molecule has 2 saturated heterocycles. The Morgan fingerprint density at radius 2 is 2.11 bits per heavy atom. The lowest BCUT2D eigenvalue weighted by Crippen LogP contribution is -2.76. The first-order valence-corrected chi connectivity index (χ1v) is 15.8. The van der Waals surface area contributed by atoms with Crippen LogP contribution < -0.4 is 25.8 Å². The second kappa shape index (κ2) is 12.4. The molecule has 0 radical (unpaired) electrons. The van der Waals surface area contributed by atoms with Gasteiger partial charge in [-0.25, -0.2) is 18.2 Å². The Morgan fingerprint density at radius 1 is 1.37 bits per heavy atom. The van der Waals surface area contributed by atoms with Crippen molar-refractivity contribution in [1.82, 2.24) is 25.4 Å². The van der Waals surface area contributed by atoms with Gasteiger partial charge < -0.3 is 40.7 Å². The number of hydrogen-bond acceptors (Lipinski definition) is 15. The number of hydrogen-bond donors (Lipinski definition) is 5. The van der Waals surface area contributed by atoms with Crippen LogP contribution in [0.15, 0.2) is 34.9 Å². The van der Waals surface area contributed by atoms with Gasteiger partial charge in [-0.3, -0.25) is 9.59 Å². The number of nitrogen functional groups attached to an aromatic ring is 1. The summed E-state index contributed by atoms with van der Waals surface area (Å²) in [6, 6.07) is 3.58. The molecule has 6 N–H and O–H groups in total. The number of carboxylic acid groups (broad SMARTS) is 1. The number of anilines is 1. The molecule has 248 valence electrons. The third-order valence-electron chi connectivity index (χ3n) is 7.50. The molecular weight excluding hydrogens is 652 g/mol. The number of β-amino-alcohol motifs (C(OH)–C–C–N with tert-alkyl or cyclic N) is 1. The van der Waals surface area contributed by atoms with E-state index >= 15 is 0 Å². The van der Waals surface area contributed by atoms with E-state index in [-0.39, 0.29) is 16.9 Å². The Balaban J connectivity index is 1.30. The SMILES string of the molecule is C[n+]1c2ccc(OCC(O/N=C(\C(=O)N[C@@H]3C(=O)N(OS(=O)(=O)[O-])C3(C)C)c3csc(N)n3)C(=O)O)cc2cn1[C@@H]1CNC[C@@H]1O. The third kappa shape index (κ3) is 6.59. The number of nitrogens with one attached hydrogen (secondary N) is 2. The maximum absolute atomic E-state index is 13.2. The molecule has 1 unspecified atom stereocenters. The van der Waals surface area contributed by atoms with E-state index in [2.05, 4.69) is 25.1 Å². The molecule has 3 aromatic rings. The first kappa shape index (κ1) is 33.0. The van der Waals surface area contributed by atoms with E-state index in [0.29, 0.717) is 23.9 Å². The van der Waals surface area contributed by atoms with E-state index < -0.39 is 64.3 Å². The number of carbonyl (C=O) groups excluding carboxylic acids is 2. The molecule has 1 aromatic carbocycles. The Kier molecular flexibility index (Phi) is 8.90. The summed E-state index contributed by atoms with van der Waals surface area (Å²) in [4.78, 5) is 46.9. The van der Waals surface area contributed by atoms with Crippen LogP contribution in [0.25, 0.3) is 10.9 Å². The number of aromatic nitrogens is 3. The number of fused-ring (bicyclic) bond motifs is 1. The van der Waals surface area contributed by atoms with Gasteiger partial charge in [0.25, 0.3) is 17.9 Å². The minimum absolute atomic E-state index is 0.0465. The van der Waals surface area contributed by atoms with Gasteiger partial charge in [0.2, 0.25) is 15.9 Å². The molecule has 2 aromatic heterocycles. The highest BCUT2D eigenvalue weighted by molar-refractivity contribution is 7.80. The van der Waals surface area contributed by atoms with Gasteiger partial charge >= 0.3 is 5.97 Å². The lowest BCUT2D eigenvalue weighted by atomic mass is 9.84. The van der Waals surface area contributed by atoms with E-state index in [4.69, 9.17) is 15.3 Å². The number of carboxylic acids is 1. The van der Waals surface area contributed by atoms with Gasteiger partial charge in [0.1, 0.15) is 30.1 Å². The fourth-order valence-electron chi connectivity index (χ4n) is 5.07. The first-order chi connectivity index (χ1) is 21.6. The highest BCUT2D eigenvalue weighted by atomic mass is 32.3. The van der Waals surface area contributed by atoms with Crippen LogP contribution in [0.4, 0.5) is 5.13 Å². The van der Waals surface area contributed by atoms with Gasteiger partial charge in [-0.2, -0.15) is 14.0 Å². The Bertz CT molecular complexity index is 1820. The van der Waals surface area contributed by atoms with Crippen LogP contribution >= 0.6 is 11.3 Å². The Morgan fingerprint density at radius 3 is 2.70 bits per heavy atom. The van der Waals surface area contributed by atoms with E-state index in [0.717, 1.165) is 22.2 Å². The standard InChI is InChI=1S/C25H30N8O11S2/c1-25(2)20(22(36)33(25)44-46(39,40)41)29-21(35)19(14-11-45-24(26)28-14)30-43-18(23(37)38)10-42-13-4-5-15-12(6-13)9-32(31(15)3)16-7-27-8-17(16)34/h4-6,9,11,16-18,20,27,34H,7-8,10H2,1-3H3,(H4-,26,28,29,35,37,38,39,40,41)/b30-19-/t16-,17+,18?,20-/m1/s1. The number of amides is 2. The van der Waals surface area contributed by atoms with Crippen molar-refractivity contribution < 1.29 is 56.1 Å². The molecule has 2 aliphatic rings. The number of rotatable bonds is 12. The van der Waals surface area contributed by atoms with Crippen LogP contribution in [-0.2, 0) is 41.0 Å². The summed E-state index contributed by atoms with van der Waals surface area (Å²) in [5, 5.41) is 31.7.